The van der Waals surface area contributed by atoms with Gasteiger partial charge in [-0.25, -0.2) is 9.97 Å². The van der Waals surface area contributed by atoms with Crippen LogP contribution in [0.25, 0.3) is 112 Å². The summed E-state index contributed by atoms with van der Waals surface area (Å²) in [7, 11) is -0.527. The van der Waals surface area contributed by atoms with E-state index in [-0.39, 0.29) is 0 Å². The second-order valence-electron chi connectivity index (χ2n) is 35.8. The average molecular weight is 1700 g/mol. The van der Waals surface area contributed by atoms with Crippen molar-refractivity contribution in [2.24, 2.45) is 0 Å². The van der Waals surface area contributed by atoms with Crippen LogP contribution in [0, 0.1) is 0 Å². The maximum atomic E-state index is 6.95. The molecule has 1 fully saturated rings. The van der Waals surface area contributed by atoms with E-state index in [1.54, 1.807) is 0 Å². The summed E-state index contributed by atoms with van der Waals surface area (Å²) in [5, 5.41) is 0. The molecule has 0 amide bonds. The number of para-hydroxylation sites is 6. The van der Waals surface area contributed by atoms with Gasteiger partial charge in [-0.1, -0.05) is 392 Å². The van der Waals surface area contributed by atoms with Gasteiger partial charge >= 0.3 is 7.12 Å². The van der Waals surface area contributed by atoms with Gasteiger partial charge in [-0.3, -0.25) is 9.13 Å². The number of hydrogen-bond acceptors (Lipinski definition) is 4. The molecule has 6 nitrogen and oxygen atoms in total. The normalized spacial score (nSPS) is 15.5. The maximum absolute atomic E-state index is 6.95. The van der Waals surface area contributed by atoms with Gasteiger partial charge < -0.3 is 9.31 Å². The van der Waals surface area contributed by atoms with E-state index in [4.69, 9.17) is 19.3 Å². The monoisotopic (exact) mass is 1700 g/mol. The lowest BCUT2D eigenvalue weighted by molar-refractivity contribution is 0.00578. The first-order chi connectivity index (χ1) is 62.9. The zero-order valence-electron chi connectivity index (χ0n) is 71.1. The first-order valence-electron chi connectivity index (χ1n) is 44.5. The molecule has 0 radical (unpaired) electrons. The largest absolute Gasteiger partial charge is 0.495 e. The molecule has 2 aromatic heterocycles. The topological polar surface area (TPSA) is 54.1 Å². The Hall–Kier alpha value is -14.6. The quantitative estimate of drug-likeness (QED) is 0.156. The highest BCUT2D eigenvalue weighted by atomic mass is 79.9. The van der Waals surface area contributed by atoms with Crippen LogP contribution in [0.3, 0.4) is 0 Å². The molecule has 8 heteroatoms. The minimum Gasteiger partial charge on any atom is -0.399 e. The van der Waals surface area contributed by atoms with Gasteiger partial charge in [0, 0.05) is 27.0 Å². The van der Waals surface area contributed by atoms with E-state index in [1.165, 1.54) is 145 Å². The Morgan fingerprint density at radius 1 is 0.227 bits per heavy atom. The standard InChI is InChI=1S/C57H36N2.C44H35BO2.C19H13BrN2/c1-2-17-39(18-3-1)59-53-32-15-14-31-52(53)58-55(59)38-35-33-37(34-36-38)40-23-16-30-51-54(40)57(47-26-10-6-21-43(47)44-22-7-11-27-48(44)57)50-29-13-12-28-49(50)56(51)45-24-8-4-19-41(45)42-20-5-9-25-46(42)56;1-41(2)42(3,4)47-45(46-41)39-27-15-26-38-40(39)44(34-22-11-7-18-30(34)31-19-8-12-23-35(31)44)37-25-14-13-24-36(37)43(38)32-20-9-5-16-28(32)29-17-6-10-21-33(29)43;20-15-12-10-14(11-13-15)19-21-17-8-4-5-9-18(17)22(19)16-6-2-1-3-7-16/h1-36H;5-27H,1-4H3;1-13H. The van der Waals surface area contributed by atoms with E-state index < -0.39 is 40.0 Å². The van der Waals surface area contributed by atoms with Gasteiger partial charge in [0.25, 0.3) is 0 Å². The average Bonchev–Trinajstić information content (AvgIpc) is 1.44. The molecule has 7 aliphatic rings. The highest BCUT2D eigenvalue weighted by molar-refractivity contribution is 9.10. The van der Waals surface area contributed by atoms with Crippen LogP contribution in [0.5, 0.6) is 0 Å². The molecule has 20 aromatic rings. The SMILES string of the molecule is Brc1ccc(-c2nc3ccccc3n2-c2ccccc2)cc1.CC1(C)OB(c2cccc3c2C2(c4ccccc4-c4ccccc42)c2ccccc2C32c3ccccc3-c3ccccc32)OC1(C)C.c1ccc(-n2c(-c3ccc(-c4cccc5c4C4(c6ccccc6-c6ccccc64)c4ccccc4C54c5ccccc5-c5ccccc54)cc3)nc3ccccc32)cc1. The fourth-order valence-corrected chi connectivity index (χ4v) is 23.8. The fraction of sp³-hybridized carbons (Fsp3) is 0.0833. The van der Waals surface area contributed by atoms with Crippen molar-refractivity contribution in [1.29, 1.82) is 0 Å². The van der Waals surface area contributed by atoms with E-state index in [0.717, 1.165) is 66.2 Å². The van der Waals surface area contributed by atoms with E-state index in [9.17, 15) is 0 Å². The van der Waals surface area contributed by atoms with Crippen molar-refractivity contribution in [2.45, 2.75) is 60.6 Å². The molecule has 128 heavy (non-hydrogen) atoms. The van der Waals surface area contributed by atoms with Crippen molar-refractivity contribution in [3.63, 3.8) is 0 Å². The molecule has 0 saturated carbocycles. The van der Waals surface area contributed by atoms with Gasteiger partial charge in [-0.05, 0) is 238 Å². The second-order valence-corrected chi connectivity index (χ2v) is 36.7. The Labute approximate surface area is 754 Å². The van der Waals surface area contributed by atoms with Crippen LogP contribution in [0.1, 0.15) is 117 Å². The van der Waals surface area contributed by atoms with Gasteiger partial charge in [0.2, 0.25) is 0 Å². The number of hydrogen-bond donors (Lipinski definition) is 0. The minimum absolute atomic E-state index is 0.476. The molecule has 0 atom stereocenters. The molecule has 6 aliphatic carbocycles. The maximum Gasteiger partial charge on any atom is 0.495 e. The number of fused-ring (bicyclic) bond motifs is 34. The predicted molar refractivity (Wildman–Crippen MR) is 525 cm³/mol. The molecule has 606 valence electrons. The van der Waals surface area contributed by atoms with Crippen LogP contribution in [0.4, 0.5) is 0 Å². The van der Waals surface area contributed by atoms with E-state index in [0.29, 0.717) is 0 Å². The van der Waals surface area contributed by atoms with Crippen molar-refractivity contribution in [2.75, 3.05) is 0 Å². The molecule has 1 saturated heterocycles. The Morgan fingerprint density at radius 3 is 0.852 bits per heavy atom. The molecular weight excluding hydrogens is 1620 g/mol. The van der Waals surface area contributed by atoms with Crippen LogP contribution >= 0.6 is 15.9 Å². The molecule has 18 aromatic carbocycles. The van der Waals surface area contributed by atoms with Gasteiger partial charge in [-0.15, -0.1) is 0 Å². The Balaban J connectivity index is 0.000000114. The molecule has 0 N–H and O–H groups in total. The second kappa shape index (κ2) is 28.7. The lowest BCUT2D eigenvalue weighted by Crippen LogP contribution is -2.50. The summed E-state index contributed by atoms with van der Waals surface area (Å²) < 4.78 is 19.5. The number of rotatable bonds is 6. The molecular formula is C120H84BBrN4O2. The highest BCUT2D eigenvalue weighted by Gasteiger charge is 2.64. The number of halogens is 1. The summed E-state index contributed by atoms with van der Waals surface area (Å²) in [5.41, 5.74) is 40.7. The fourth-order valence-electron chi connectivity index (χ4n) is 23.5. The van der Waals surface area contributed by atoms with Gasteiger partial charge in [-0.2, -0.15) is 0 Å². The van der Waals surface area contributed by atoms with Crippen LogP contribution in [-0.4, -0.2) is 37.4 Å². The third kappa shape index (κ3) is 10.4. The summed E-state index contributed by atoms with van der Waals surface area (Å²) in [6, 6.07) is 160. The van der Waals surface area contributed by atoms with Crippen LogP contribution in [-0.2, 0) is 31.0 Å². The molecule has 3 heterocycles. The number of benzene rings is 18. The Kier molecular flexibility index (Phi) is 17.0. The number of imidazole rings is 2. The van der Waals surface area contributed by atoms with E-state index >= 15 is 0 Å². The number of nitrogens with zero attached hydrogens (tertiary/aromatic N) is 4. The van der Waals surface area contributed by atoms with Gasteiger partial charge in [0.1, 0.15) is 11.6 Å². The first kappa shape index (κ1) is 75.9. The molecule has 0 unspecified atom stereocenters. The summed E-state index contributed by atoms with van der Waals surface area (Å²) >= 11 is 3.49. The minimum atomic E-state index is -0.572. The Morgan fingerprint density at radius 2 is 0.484 bits per heavy atom. The smallest absolute Gasteiger partial charge is 0.399 e. The Bertz CT molecular complexity index is 7740. The van der Waals surface area contributed by atoms with Crippen LogP contribution in [0.15, 0.2) is 441 Å². The van der Waals surface area contributed by atoms with Crippen molar-refractivity contribution in [1.82, 2.24) is 19.1 Å². The van der Waals surface area contributed by atoms with Crippen molar-refractivity contribution >= 4 is 50.6 Å². The van der Waals surface area contributed by atoms with Crippen LogP contribution in [0.2, 0.25) is 0 Å². The van der Waals surface area contributed by atoms with E-state index in [2.05, 4.69) is 465 Å². The third-order valence-electron chi connectivity index (χ3n) is 29.2. The first-order valence-corrected chi connectivity index (χ1v) is 45.3. The molecule has 0 bridgehead atoms. The molecule has 4 spiro atoms. The lowest BCUT2D eigenvalue weighted by atomic mass is 9.49. The van der Waals surface area contributed by atoms with Crippen molar-refractivity contribution in [3.8, 4) is 89.8 Å². The highest BCUT2D eigenvalue weighted by Crippen LogP contribution is 2.71. The van der Waals surface area contributed by atoms with Crippen LogP contribution < -0.4 is 5.46 Å². The zero-order valence-corrected chi connectivity index (χ0v) is 72.7. The van der Waals surface area contributed by atoms with Gasteiger partial charge in [0.05, 0.1) is 54.9 Å². The summed E-state index contributed by atoms with van der Waals surface area (Å²) in [5.74, 6) is 1.89. The lowest BCUT2D eigenvalue weighted by Gasteiger charge is -2.49. The summed E-state index contributed by atoms with van der Waals surface area (Å²) in [4.78, 5) is 10.1. The summed E-state index contributed by atoms with van der Waals surface area (Å²) in [6.45, 7) is 8.61. The van der Waals surface area contributed by atoms with Crippen molar-refractivity contribution in [3.05, 3.63) is 530 Å². The predicted octanol–water partition coefficient (Wildman–Crippen LogP) is 27.9. The molecule has 27 rings (SSSR count). The number of aromatic nitrogens is 4. The zero-order chi connectivity index (χ0) is 85.4. The van der Waals surface area contributed by atoms with Crippen molar-refractivity contribution < 1.29 is 9.31 Å². The third-order valence-corrected chi connectivity index (χ3v) is 29.7. The molecule has 1 aliphatic heterocycles. The van der Waals surface area contributed by atoms with E-state index in [1.807, 2.05) is 24.3 Å². The van der Waals surface area contributed by atoms with Gasteiger partial charge in [0.15, 0.2) is 0 Å². The summed E-state index contributed by atoms with van der Waals surface area (Å²) in [6.07, 6.45) is 0.